The zero-order chi connectivity index (χ0) is 19.9. The summed E-state index contributed by atoms with van der Waals surface area (Å²) in [6.07, 6.45) is 0.216. The Morgan fingerprint density at radius 2 is 1.79 bits per heavy atom. The minimum Gasteiger partial charge on any atom is -0.493 e. The zero-order valence-corrected chi connectivity index (χ0v) is 16.1. The first kappa shape index (κ1) is 19.7. The van der Waals surface area contributed by atoms with Crippen molar-refractivity contribution in [3.63, 3.8) is 0 Å². The molecule has 0 aromatic heterocycles. The first-order chi connectivity index (χ1) is 13.6. The second-order valence-electron chi connectivity index (χ2n) is 6.37. The Morgan fingerprint density at radius 3 is 2.43 bits per heavy atom. The van der Waals surface area contributed by atoms with Crippen molar-refractivity contribution in [2.24, 2.45) is 0 Å². The van der Waals surface area contributed by atoms with E-state index in [1.165, 1.54) is 14.2 Å². The number of methoxy groups -OCH3 is 2. The smallest absolute Gasteiger partial charge is 0.254 e. The van der Waals surface area contributed by atoms with Gasteiger partial charge in [-0.05, 0) is 17.7 Å². The molecule has 7 heteroatoms. The number of anilines is 1. The standard InChI is InChI=1S/C21H24N2O5/c1-26-18-14-16(21(25)23-8-10-28-11-9-23)13-17(20(18)27-2)22-19(24)12-15-6-4-3-5-7-15/h3-7,13-14H,8-12H2,1-2H3,(H,22,24). The first-order valence-electron chi connectivity index (χ1n) is 9.09. The molecule has 7 nitrogen and oxygen atoms in total. The summed E-state index contributed by atoms with van der Waals surface area (Å²) in [5, 5.41) is 2.84. The van der Waals surface area contributed by atoms with Crippen LogP contribution in [-0.4, -0.2) is 57.2 Å². The third-order valence-electron chi connectivity index (χ3n) is 4.51. The number of carbonyl (C=O) groups is 2. The van der Waals surface area contributed by atoms with E-state index >= 15 is 0 Å². The summed E-state index contributed by atoms with van der Waals surface area (Å²) in [7, 11) is 2.99. The highest BCUT2D eigenvalue weighted by Gasteiger charge is 2.23. The molecule has 1 saturated heterocycles. The molecule has 0 spiro atoms. The van der Waals surface area contributed by atoms with E-state index in [9.17, 15) is 9.59 Å². The predicted molar refractivity (Wildman–Crippen MR) is 105 cm³/mol. The highest BCUT2D eigenvalue weighted by molar-refractivity contribution is 6.00. The van der Waals surface area contributed by atoms with Gasteiger partial charge in [-0.15, -0.1) is 0 Å². The molecule has 1 heterocycles. The fraction of sp³-hybridized carbons (Fsp3) is 0.333. The van der Waals surface area contributed by atoms with E-state index < -0.39 is 0 Å². The molecule has 28 heavy (non-hydrogen) atoms. The molecule has 0 atom stereocenters. The molecule has 1 aliphatic heterocycles. The molecular weight excluding hydrogens is 360 g/mol. The molecule has 0 unspecified atom stereocenters. The zero-order valence-electron chi connectivity index (χ0n) is 16.1. The predicted octanol–water partition coefficient (Wildman–Crippen LogP) is 2.36. The van der Waals surface area contributed by atoms with E-state index in [4.69, 9.17) is 14.2 Å². The maximum Gasteiger partial charge on any atom is 0.254 e. The molecule has 1 N–H and O–H groups in total. The van der Waals surface area contributed by atoms with Crippen LogP contribution in [0.3, 0.4) is 0 Å². The van der Waals surface area contributed by atoms with E-state index in [0.717, 1.165) is 5.56 Å². The Bertz CT molecular complexity index is 832. The molecule has 0 saturated carbocycles. The highest BCUT2D eigenvalue weighted by Crippen LogP contribution is 2.37. The van der Waals surface area contributed by atoms with Crippen LogP contribution in [0.5, 0.6) is 11.5 Å². The Morgan fingerprint density at radius 1 is 1.07 bits per heavy atom. The van der Waals surface area contributed by atoms with Gasteiger partial charge in [0.15, 0.2) is 11.5 Å². The van der Waals surface area contributed by atoms with Crippen molar-refractivity contribution in [1.82, 2.24) is 4.90 Å². The molecule has 2 amide bonds. The molecule has 1 fully saturated rings. The van der Waals surface area contributed by atoms with Crippen molar-refractivity contribution in [3.8, 4) is 11.5 Å². The second-order valence-corrected chi connectivity index (χ2v) is 6.37. The van der Waals surface area contributed by atoms with Crippen LogP contribution in [0.15, 0.2) is 42.5 Å². The van der Waals surface area contributed by atoms with Crippen LogP contribution in [0.2, 0.25) is 0 Å². The summed E-state index contributed by atoms with van der Waals surface area (Å²) in [4.78, 5) is 27.1. The molecule has 0 radical (unpaired) electrons. The van der Waals surface area contributed by atoms with Gasteiger partial charge < -0.3 is 24.4 Å². The third-order valence-corrected chi connectivity index (χ3v) is 4.51. The lowest BCUT2D eigenvalue weighted by Gasteiger charge is -2.27. The van der Waals surface area contributed by atoms with Gasteiger partial charge in [0.2, 0.25) is 5.91 Å². The van der Waals surface area contributed by atoms with Gasteiger partial charge in [0.05, 0.1) is 39.5 Å². The van der Waals surface area contributed by atoms with Gasteiger partial charge in [0, 0.05) is 18.7 Å². The number of hydrogen-bond acceptors (Lipinski definition) is 5. The third kappa shape index (κ3) is 4.61. The lowest BCUT2D eigenvalue weighted by molar-refractivity contribution is -0.115. The summed E-state index contributed by atoms with van der Waals surface area (Å²) in [5.74, 6) is 0.421. The Hall–Kier alpha value is -3.06. The minimum absolute atomic E-state index is 0.136. The van der Waals surface area contributed by atoms with Crippen molar-refractivity contribution in [2.45, 2.75) is 6.42 Å². The average molecular weight is 384 g/mol. The number of nitrogens with zero attached hydrogens (tertiary/aromatic N) is 1. The fourth-order valence-electron chi connectivity index (χ4n) is 3.11. The van der Waals surface area contributed by atoms with Crippen molar-refractivity contribution in [3.05, 3.63) is 53.6 Å². The summed E-state index contributed by atoms with van der Waals surface area (Å²) >= 11 is 0. The molecule has 0 aliphatic carbocycles. The number of carbonyl (C=O) groups excluding carboxylic acids is 2. The van der Waals surface area contributed by atoms with Crippen LogP contribution < -0.4 is 14.8 Å². The summed E-state index contributed by atoms with van der Waals surface area (Å²) < 4.78 is 16.1. The van der Waals surface area contributed by atoms with E-state index in [0.29, 0.717) is 49.1 Å². The van der Waals surface area contributed by atoms with E-state index in [1.807, 2.05) is 30.3 Å². The van der Waals surface area contributed by atoms with Crippen molar-refractivity contribution < 1.29 is 23.8 Å². The van der Waals surface area contributed by atoms with E-state index in [1.54, 1.807) is 17.0 Å². The number of benzene rings is 2. The number of morpholine rings is 1. The van der Waals surface area contributed by atoms with Gasteiger partial charge in [0.1, 0.15) is 0 Å². The van der Waals surface area contributed by atoms with Crippen LogP contribution in [0, 0.1) is 0 Å². The van der Waals surface area contributed by atoms with E-state index in [2.05, 4.69) is 5.32 Å². The molecule has 2 aromatic carbocycles. The van der Waals surface area contributed by atoms with Crippen LogP contribution in [0.25, 0.3) is 0 Å². The number of ether oxygens (including phenoxy) is 3. The van der Waals surface area contributed by atoms with Gasteiger partial charge in [-0.3, -0.25) is 9.59 Å². The molecule has 3 rings (SSSR count). The molecule has 148 valence electrons. The van der Waals surface area contributed by atoms with E-state index in [-0.39, 0.29) is 18.2 Å². The summed E-state index contributed by atoms with van der Waals surface area (Å²) in [6, 6.07) is 12.7. The second kappa shape index (κ2) is 9.23. The Labute approximate surface area is 164 Å². The largest absolute Gasteiger partial charge is 0.493 e. The van der Waals surface area contributed by atoms with Crippen LogP contribution >= 0.6 is 0 Å². The topological polar surface area (TPSA) is 77.1 Å². The number of rotatable bonds is 6. The first-order valence-corrected chi connectivity index (χ1v) is 9.09. The van der Waals surface area contributed by atoms with Crippen molar-refractivity contribution in [2.75, 3.05) is 45.8 Å². The lowest BCUT2D eigenvalue weighted by atomic mass is 10.1. The molecule has 1 aliphatic rings. The highest BCUT2D eigenvalue weighted by atomic mass is 16.5. The van der Waals surface area contributed by atoms with Gasteiger partial charge >= 0.3 is 0 Å². The average Bonchev–Trinajstić information content (AvgIpc) is 2.73. The normalized spacial score (nSPS) is 13.7. The number of nitrogens with one attached hydrogen (secondary N) is 1. The van der Waals surface area contributed by atoms with Gasteiger partial charge in [-0.2, -0.15) is 0 Å². The molecular formula is C21H24N2O5. The molecule has 2 aromatic rings. The summed E-state index contributed by atoms with van der Waals surface area (Å²) in [6.45, 7) is 2.09. The fourth-order valence-corrected chi connectivity index (χ4v) is 3.11. The van der Waals surface area contributed by atoms with Gasteiger partial charge in [0.25, 0.3) is 5.91 Å². The maximum absolute atomic E-state index is 12.9. The quantitative estimate of drug-likeness (QED) is 0.827. The van der Waals surface area contributed by atoms with Crippen LogP contribution in [-0.2, 0) is 16.0 Å². The Balaban J connectivity index is 1.85. The van der Waals surface area contributed by atoms with Gasteiger partial charge in [-0.25, -0.2) is 0 Å². The summed E-state index contributed by atoms with van der Waals surface area (Å²) in [5.41, 5.74) is 1.72. The molecule has 0 bridgehead atoms. The van der Waals surface area contributed by atoms with Crippen LogP contribution in [0.4, 0.5) is 5.69 Å². The number of amides is 2. The monoisotopic (exact) mass is 384 g/mol. The lowest BCUT2D eigenvalue weighted by Crippen LogP contribution is -2.40. The maximum atomic E-state index is 12.9. The van der Waals surface area contributed by atoms with Crippen LogP contribution in [0.1, 0.15) is 15.9 Å². The minimum atomic E-state index is -0.206. The SMILES string of the molecule is COc1cc(C(=O)N2CCOCC2)cc(NC(=O)Cc2ccccc2)c1OC. The van der Waals surface area contributed by atoms with Gasteiger partial charge in [-0.1, -0.05) is 30.3 Å². The Kier molecular flexibility index (Phi) is 6.49. The van der Waals surface area contributed by atoms with Crippen molar-refractivity contribution >= 4 is 17.5 Å². The van der Waals surface area contributed by atoms with Crippen molar-refractivity contribution in [1.29, 1.82) is 0 Å². The number of hydrogen-bond donors (Lipinski definition) is 1.